The fraction of sp³-hybridized carbons (Fsp3) is 0.409. The van der Waals surface area contributed by atoms with Crippen LogP contribution in [0.15, 0.2) is 36.4 Å². The van der Waals surface area contributed by atoms with Crippen LogP contribution in [0.1, 0.15) is 34.4 Å². The maximum atomic E-state index is 13.1. The first-order valence-electron chi connectivity index (χ1n) is 9.95. The Morgan fingerprint density at radius 3 is 2.79 bits per heavy atom. The first kappa shape index (κ1) is 19.4. The Bertz CT molecular complexity index is 1040. The Labute approximate surface area is 170 Å². The molecule has 7 nitrogen and oxygen atoms in total. The van der Waals surface area contributed by atoms with E-state index in [1.165, 1.54) is 5.56 Å². The van der Waals surface area contributed by atoms with E-state index in [0.717, 1.165) is 42.4 Å². The number of rotatable bonds is 4. The number of benzene rings is 1. The Hall–Kier alpha value is -2.93. The number of methoxy groups -OCH3 is 1. The maximum absolute atomic E-state index is 13.1. The predicted molar refractivity (Wildman–Crippen MR) is 111 cm³/mol. The van der Waals surface area contributed by atoms with E-state index < -0.39 is 0 Å². The van der Waals surface area contributed by atoms with Gasteiger partial charge in [-0.2, -0.15) is 5.10 Å². The van der Waals surface area contributed by atoms with Crippen molar-refractivity contribution in [2.75, 3.05) is 26.7 Å². The SMILES string of the molecule is COc1cccc(CN2CCN(C(=O)c3cc4nc(C)cc(C)n4n3)[C@@H](C)C2)c1. The number of ether oxygens (including phenoxy) is 1. The highest BCUT2D eigenvalue weighted by Gasteiger charge is 2.29. The molecule has 1 aliphatic rings. The van der Waals surface area contributed by atoms with E-state index in [2.05, 4.69) is 34.0 Å². The summed E-state index contributed by atoms with van der Waals surface area (Å²) in [5.41, 5.74) is 4.29. The van der Waals surface area contributed by atoms with Crippen LogP contribution in [-0.2, 0) is 6.54 Å². The number of piperazine rings is 1. The van der Waals surface area contributed by atoms with E-state index in [4.69, 9.17) is 4.74 Å². The molecule has 29 heavy (non-hydrogen) atoms. The third kappa shape index (κ3) is 3.96. The zero-order valence-corrected chi connectivity index (χ0v) is 17.4. The van der Waals surface area contributed by atoms with Gasteiger partial charge in [0.25, 0.3) is 5.91 Å². The monoisotopic (exact) mass is 393 g/mol. The van der Waals surface area contributed by atoms with Crippen LogP contribution in [0.25, 0.3) is 5.65 Å². The lowest BCUT2D eigenvalue weighted by Crippen LogP contribution is -2.53. The second kappa shape index (κ2) is 7.83. The van der Waals surface area contributed by atoms with Crippen LogP contribution in [0.5, 0.6) is 5.75 Å². The highest BCUT2D eigenvalue weighted by molar-refractivity contribution is 5.93. The summed E-state index contributed by atoms with van der Waals surface area (Å²) in [5.74, 6) is 0.844. The van der Waals surface area contributed by atoms with E-state index in [0.29, 0.717) is 12.2 Å². The van der Waals surface area contributed by atoms with Crippen molar-refractivity contribution in [2.45, 2.75) is 33.4 Å². The maximum Gasteiger partial charge on any atom is 0.274 e. The van der Waals surface area contributed by atoms with Crippen molar-refractivity contribution in [3.63, 3.8) is 0 Å². The number of nitrogens with zero attached hydrogens (tertiary/aromatic N) is 5. The van der Waals surface area contributed by atoms with Crippen LogP contribution in [0.3, 0.4) is 0 Å². The van der Waals surface area contributed by atoms with Crippen LogP contribution < -0.4 is 4.74 Å². The van der Waals surface area contributed by atoms with E-state index >= 15 is 0 Å². The van der Waals surface area contributed by atoms with Crippen molar-refractivity contribution in [1.82, 2.24) is 24.4 Å². The molecule has 7 heteroatoms. The molecule has 4 rings (SSSR count). The fourth-order valence-electron chi connectivity index (χ4n) is 4.05. The molecule has 0 saturated carbocycles. The Kier molecular flexibility index (Phi) is 5.24. The Balaban J connectivity index is 1.45. The van der Waals surface area contributed by atoms with Gasteiger partial charge >= 0.3 is 0 Å². The number of carbonyl (C=O) groups excluding carboxylic acids is 1. The third-order valence-corrected chi connectivity index (χ3v) is 5.47. The molecule has 3 aromatic rings. The summed E-state index contributed by atoms with van der Waals surface area (Å²) in [6.45, 7) is 9.21. The molecule has 152 valence electrons. The number of hydrogen-bond acceptors (Lipinski definition) is 5. The number of aryl methyl sites for hydroxylation is 2. The Morgan fingerprint density at radius 2 is 2.03 bits per heavy atom. The summed E-state index contributed by atoms with van der Waals surface area (Å²) in [6.07, 6.45) is 0. The van der Waals surface area contributed by atoms with Crippen LogP contribution in [0, 0.1) is 13.8 Å². The quantitative estimate of drug-likeness (QED) is 0.682. The van der Waals surface area contributed by atoms with Gasteiger partial charge in [-0.1, -0.05) is 12.1 Å². The number of amides is 1. The van der Waals surface area contributed by atoms with E-state index in [9.17, 15) is 4.79 Å². The molecule has 0 unspecified atom stereocenters. The third-order valence-electron chi connectivity index (χ3n) is 5.47. The van der Waals surface area contributed by atoms with Crippen LogP contribution in [-0.4, -0.2) is 63.1 Å². The number of carbonyl (C=O) groups is 1. The van der Waals surface area contributed by atoms with E-state index in [1.54, 1.807) is 17.7 Å². The summed E-state index contributed by atoms with van der Waals surface area (Å²) < 4.78 is 7.06. The summed E-state index contributed by atoms with van der Waals surface area (Å²) >= 11 is 0. The summed E-state index contributed by atoms with van der Waals surface area (Å²) in [5, 5.41) is 4.50. The molecule has 1 fully saturated rings. The number of aromatic nitrogens is 3. The van der Waals surface area contributed by atoms with Crippen molar-refractivity contribution in [3.8, 4) is 5.75 Å². The Morgan fingerprint density at radius 1 is 1.21 bits per heavy atom. The second-order valence-corrected chi connectivity index (χ2v) is 7.77. The lowest BCUT2D eigenvalue weighted by atomic mass is 10.1. The van der Waals surface area contributed by atoms with E-state index in [1.807, 2.05) is 36.9 Å². The molecule has 1 saturated heterocycles. The van der Waals surface area contributed by atoms with Crippen molar-refractivity contribution >= 4 is 11.6 Å². The van der Waals surface area contributed by atoms with Gasteiger partial charge < -0.3 is 9.64 Å². The van der Waals surface area contributed by atoms with Crippen molar-refractivity contribution in [2.24, 2.45) is 0 Å². The molecule has 0 spiro atoms. The molecule has 0 N–H and O–H groups in total. The van der Waals surface area contributed by atoms with Gasteiger partial charge in [0.05, 0.1) is 7.11 Å². The molecule has 2 aromatic heterocycles. The summed E-state index contributed by atoms with van der Waals surface area (Å²) in [6, 6.07) is 12.0. The minimum Gasteiger partial charge on any atom is -0.497 e. The number of hydrogen-bond donors (Lipinski definition) is 0. The van der Waals surface area contributed by atoms with Gasteiger partial charge in [0.15, 0.2) is 11.3 Å². The highest BCUT2D eigenvalue weighted by Crippen LogP contribution is 2.19. The smallest absolute Gasteiger partial charge is 0.274 e. The minimum atomic E-state index is -0.0268. The molecule has 3 heterocycles. The van der Waals surface area contributed by atoms with Gasteiger partial charge in [0, 0.05) is 49.7 Å². The average molecular weight is 393 g/mol. The molecule has 0 aliphatic carbocycles. The van der Waals surface area contributed by atoms with Crippen molar-refractivity contribution < 1.29 is 9.53 Å². The zero-order chi connectivity index (χ0) is 20.5. The van der Waals surface area contributed by atoms with Gasteiger partial charge in [0.1, 0.15) is 5.75 Å². The molecule has 1 amide bonds. The molecule has 0 radical (unpaired) electrons. The first-order valence-corrected chi connectivity index (χ1v) is 9.95. The van der Waals surface area contributed by atoms with Gasteiger partial charge in [-0.05, 0) is 44.5 Å². The molecular weight excluding hydrogens is 366 g/mol. The minimum absolute atomic E-state index is 0.0268. The summed E-state index contributed by atoms with van der Waals surface area (Å²) in [4.78, 5) is 21.9. The van der Waals surface area contributed by atoms with Crippen molar-refractivity contribution in [3.05, 3.63) is 59.0 Å². The molecule has 1 atom stereocenters. The molecule has 0 bridgehead atoms. The van der Waals surface area contributed by atoms with E-state index in [-0.39, 0.29) is 11.9 Å². The summed E-state index contributed by atoms with van der Waals surface area (Å²) in [7, 11) is 1.68. The average Bonchev–Trinajstić information content (AvgIpc) is 3.12. The topological polar surface area (TPSA) is 63.0 Å². The van der Waals surface area contributed by atoms with Crippen LogP contribution in [0.2, 0.25) is 0 Å². The predicted octanol–water partition coefficient (Wildman–Crippen LogP) is 2.70. The lowest BCUT2D eigenvalue weighted by Gasteiger charge is -2.39. The van der Waals surface area contributed by atoms with Gasteiger partial charge in [-0.3, -0.25) is 9.69 Å². The van der Waals surface area contributed by atoms with Gasteiger partial charge in [0.2, 0.25) is 0 Å². The normalized spacial score (nSPS) is 17.7. The first-order chi connectivity index (χ1) is 13.9. The zero-order valence-electron chi connectivity index (χ0n) is 17.4. The fourth-order valence-corrected chi connectivity index (χ4v) is 4.05. The van der Waals surface area contributed by atoms with Crippen LogP contribution in [0.4, 0.5) is 0 Å². The number of fused-ring (bicyclic) bond motifs is 1. The van der Waals surface area contributed by atoms with Crippen LogP contribution >= 0.6 is 0 Å². The highest BCUT2D eigenvalue weighted by atomic mass is 16.5. The van der Waals surface area contributed by atoms with Crippen molar-refractivity contribution in [1.29, 1.82) is 0 Å². The van der Waals surface area contributed by atoms with Gasteiger partial charge in [-0.15, -0.1) is 0 Å². The standard InChI is InChI=1S/C22H27N5O2/c1-15-10-16(2)27-21(23-15)12-20(24-27)22(28)26-9-8-25(13-17(26)3)14-18-6-5-7-19(11-18)29-4/h5-7,10-12,17H,8-9,13-14H2,1-4H3/t17-/m0/s1. The molecule has 1 aliphatic heterocycles. The lowest BCUT2D eigenvalue weighted by molar-refractivity contribution is 0.0469. The second-order valence-electron chi connectivity index (χ2n) is 7.77. The molecule has 1 aromatic carbocycles. The largest absolute Gasteiger partial charge is 0.497 e. The molecular formula is C22H27N5O2. The van der Waals surface area contributed by atoms with Gasteiger partial charge in [-0.25, -0.2) is 9.50 Å².